The van der Waals surface area contributed by atoms with Gasteiger partial charge < -0.3 is 4.90 Å². The number of para-hydroxylation sites is 1. The van der Waals surface area contributed by atoms with Crippen LogP contribution >= 0.6 is 11.8 Å². The highest BCUT2D eigenvalue weighted by Gasteiger charge is 2.40. The molecule has 4 heteroatoms. The number of aromatic nitrogens is 1. The van der Waals surface area contributed by atoms with Gasteiger partial charge in [-0.15, -0.1) is 11.8 Å². The number of likely N-dealkylation sites (tertiary alicyclic amines) is 1. The Morgan fingerprint density at radius 1 is 1.15 bits per heavy atom. The van der Waals surface area contributed by atoms with Crippen molar-refractivity contribution in [3.63, 3.8) is 0 Å². The Bertz CT molecular complexity index is 663. The fourth-order valence-electron chi connectivity index (χ4n) is 2.86. The molecule has 1 amide bonds. The number of thioether (sulfide) groups is 1. The highest BCUT2D eigenvalue weighted by atomic mass is 32.2. The summed E-state index contributed by atoms with van der Waals surface area (Å²) >= 11 is 1.68. The van der Waals surface area contributed by atoms with Gasteiger partial charge in [0.05, 0.1) is 10.8 Å². The first kappa shape index (κ1) is 12.2. The van der Waals surface area contributed by atoms with Gasteiger partial charge in [0.25, 0.3) is 0 Å². The van der Waals surface area contributed by atoms with Gasteiger partial charge in [0.1, 0.15) is 0 Å². The van der Waals surface area contributed by atoms with Crippen LogP contribution in [0.1, 0.15) is 19.3 Å². The van der Waals surface area contributed by atoms with Gasteiger partial charge in [0, 0.05) is 29.1 Å². The number of hydrogen-bond acceptors (Lipinski definition) is 3. The van der Waals surface area contributed by atoms with Gasteiger partial charge in [0.2, 0.25) is 5.91 Å². The first-order valence-corrected chi connectivity index (χ1v) is 8.02. The highest BCUT2D eigenvalue weighted by molar-refractivity contribution is 8.00. The fraction of sp³-hybridized carbons (Fsp3) is 0.375. The Balaban J connectivity index is 1.60. The van der Waals surface area contributed by atoms with Crippen LogP contribution in [0.2, 0.25) is 0 Å². The van der Waals surface area contributed by atoms with Crippen LogP contribution in [0, 0.1) is 0 Å². The van der Waals surface area contributed by atoms with E-state index >= 15 is 0 Å². The van der Waals surface area contributed by atoms with Gasteiger partial charge in [-0.3, -0.25) is 9.78 Å². The topological polar surface area (TPSA) is 33.2 Å². The van der Waals surface area contributed by atoms with Crippen LogP contribution in [0.4, 0.5) is 0 Å². The van der Waals surface area contributed by atoms with Crippen molar-refractivity contribution in [1.29, 1.82) is 0 Å². The van der Waals surface area contributed by atoms with Crippen LogP contribution in [-0.4, -0.2) is 33.6 Å². The van der Waals surface area contributed by atoms with Crippen LogP contribution in [0.3, 0.4) is 0 Å². The third kappa shape index (κ3) is 2.08. The molecule has 0 spiro atoms. The lowest BCUT2D eigenvalue weighted by molar-refractivity contribution is -0.127. The molecule has 1 saturated heterocycles. The summed E-state index contributed by atoms with van der Waals surface area (Å²) in [5.74, 6) is 0.324. The van der Waals surface area contributed by atoms with Crippen molar-refractivity contribution in [1.82, 2.24) is 9.88 Å². The molecule has 2 heterocycles. The third-order valence-corrected chi connectivity index (χ3v) is 5.35. The summed E-state index contributed by atoms with van der Waals surface area (Å²) in [5, 5.41) is 1.21. The summed E-state index contributed by atoms with van der Waals surface area (Å²) in [5.41, 5.74) is 1.01. The standard InChI is InChI=1S/C16H16N2OS/c19-16-14(8-10-18(16)12-6-7-12)20-13-5-1-3-11-4-2-9-17-15(11)13/h1-5,9,12,14H,6-8,10H2. The molecule has 1 aliphatic carbocycles. The summed E-state index contributed by atoms with van der Waals surface area (Å²) in [6, 6.07) is 10.8. The largest absolute Gasteiger partial charge is 0.339 e. The third-order valence-electron chi connectivity index (χ3n) is 4.04. The van der Waals surface area contributed by atoms with Crippen molar-refractivity contribution in [2.45, 2.75) is 35.4 Å². The molecule has 2 aliphatic rings. The minimum Gasteiger partial charge on any atom is -0.339 e. The molecular formula is C16H16N2OS. The van der Waals surface area contributed by atoms with E-state index in [-0.39, 0.29) is 5.25 Å². The van der Waals surface area contributed by atoms with E-state index in [4.69, 9.17) is 0 Å². The van der Waals surface area contributed by atoms with Crippen LogP contribution in [0.15, 0.2) is 41.4 Å². The zero-order chi connectivity index (χ0) is 13.5. The van der Waals surface area contributed by atoms with Crippen LogP contribution in [0.25, 0.3) is 10.9 Å². The maximum atomic E-state index is 12.4. The van der Waals surface area contributed by atoms with E-state index in [0.717, 1.165) is 28.8 Å². The summed E-state index contributed by atoms with van der Waals surface area (Å²) in [6.45, 7) is 0.930. The molecule has 1 saturated carbocycles. The Morgan fingerprint density at radius 3 is 2.85 bits per heavy atom. The Kier molecular flexibility index (Phi) is 2.91. The van der Waals surface area contributed by atoms with Crippen LogP contribution in [-0.2, 0) is 4.79 Å². The lowest BCUT2D eigenvalue weighted by Gasteiger charge is -2.15. The molecule has 2 aromatic rings. The molecule has 0 radical (unpaired) electrons. The minimum absolute atomic E-state index is 0.0724. The highest BCUT2D eigenvalue weighted by Crippen LogP contribution is 2.38. The molecule has 1 aromatic carbocycles. The molecule has 102 valence electrons. The molecule has 1 atom stereocenters. The second-order valence-corrected chi connectivity index (χ2v) is 6.73. The molecule has 20 heavy (non-hydrogen) atoms. The summed E-state index contributed by atoms with van der Waals surface area (Å²) < 4.78 is 0. The molecule has 0 N–H and O–H groups in total. The first-order chi connectivity index (χ1) is 9.83. The van der Waals surface area contributed by atoms with E-state index in [1.807, 2.05) is 18.3 Å². The number of fused-ring (bicyclic) bond motifs is 1. The van der Waals surface area contributed by atoms with E-state index in [9.17, 15) is 4.79 Å². The van der Waals surface area contributed by atoms with Crippen LogP contribution < -0.4 is 0 Å². The van der Waals surface area contributed by atoms with Crippen molar-refractivity contribution in [2.24, 2.45) is 0 Å². The molecule has 1 aliphatic heterocycles. The fourth-order valence-corrected chi connectivity index (χ4v) is 4.06. The maximum absolute atomic E-state index is 12.4. The van der Waals surface area contributed by atoms with E-state index in [1.165, 1.54) is 12.8 Å². The Hall–Kier alpha value is -1.55. The number of rotatable bonds is 3. The number of carbonyl (C=O) groups is 1. The van der Waals surface area contributed by atoms with Gasteiger partial charge in [-0.25, -0.2) is 0 Å². The van der Waals surface area contributed by atoms with Crippen LogP contribution in [0.5, 0.6) is 0 Å². The molecule has 0 bridgehead atoms. The molecule has 3 nitrogen and oxygen atoms in total. The van der Waals surface area contributed by atoms with Gasteiger partial charge in [-0.2, -0.15) is 0 Å². The predicted octanol–water partition coefficient (Wildman–Crippen LogP) is 3.09. The van der Waals surface area contributed by atoms with E-state index in [1.54, 1.807) is 11.8 Å². The molecule has 2 fully saturated rings. The normalized spacial score (nSPS) is 22.7. The number of hydrogen-bond donors (Lipinski definition) is 0. The first-order valence-electron chi connectivity index (χ1n) is 7.14. The monoisotopic (exact) mass is 284 g/mol. The van der Waals surface area contributed by atoms with Crippen molar-refractivity contribution in [3.05, 3.63) is 36.5 Å². The lowest BCUT2D eigenvalue weighted by atomic mass is 10.2. The quantitative estimate of drug-likeness (QED) is 0.868. The number of carbonyl (C=O) groups excluding carboxylic acids is 1. The average molecular weight is 284 g/mol. The number of pyridine rings is 1. The van der Waals surface area contributed by atoms with Gasteiger partial charge >= 0.3 is 0 Å². The van der Waals surface area contributed by atoms with Gasteiger partial charge in [0.15, 0.2) is 0 Å². The average Bonchev–Trinajstić information content (AvgIpc) is 3.26. The lowest BCUT2D eigenvalue weighted by Crippen LogP contribution is -2.30. The number of nitrogens with zero attached hydrogens (tertiary/aromatic N) is 2. The second-order valence-electron chi connectivity index (χ2n) is 5.49. The van der Waals surface area contributed by atoms with E-state index in [2.05, 4.69) is 28.1 Å². The maximum Gasteiger partial charge on any atom is 0.236 e. The number of benzene rings is 1. The number of amides is 1. The zero-order valence-corrected chi connectivity index (χ0v) is 12.0. The minimum atomic E-state index is 0.0724. The van der Waals surface area contributed by atoms with Crippen molar-refractivity contribution >= 4 is 28.6 Å². The SMILES string of the molecule is O=C1C(Sc2cccc3cccnc23)CCN1C1CC1. The smallest absolute Gasteiger partial charge is 0.236 e. The van der Waals surface area contributed by atoms with Gasteiger partial charge in [-0.05, 0) is 31.4 Å². The zero-order valence-electron chi connectivity index (χ0n) is 11.2. The van der Waals surface area contributed by atoms with Gasteiger partial charge in [-0.1, -0.05) is 18.2 Å². The summed E-state index contributed by atoms with van der Waals surface area (Å²) in [6.07, 6.45) is 5.17. The Labute approximate surface area is 122 Å². The summed E-state index contributed by atoms with van der Waals surface area (Å²) in [7, 11) is 0. The molecule has 1 aromatic heterocycles. The Morgan fingerprint density at radius 2 is 2.00 bits per heavy atom. The second kappa shape index (κ2) is 4.77. The summed E-state index contributed by atoms with van der Waals surface area (Å²) in [4.78, 5) is 20.1. The van der Waals surface area contributed by atoms with Crippen molar-refractivity contribution in [2.75, 3.05) is 6.54 Å². The predicted molar refractivity (Wildman–Crippen MR) is 80.7 cm³/mol. The van der Waals surface area contributed by atoms with E-state index < -0.39 is 0 Å². The molecule has 1 unspecified atom stereocenters. The van der Waals surface area contributed by atoms with E-state index in [0.29, 0.717) is 11.9 Å². The molecular weight excluding hydrogens is 268 g/mol. The van der Waals surface area contributed by atoms with Crippen molar-refractivity contribution < 1.29 is 4.79 Å². The van der Waals surface area contributed by atoms with Crippen molar-refractivity contribution in [3.8, 4) is 0 Å². The molecule has 4 rings (SSSR count).